The Bertz CT molecular complexity index is 493. The van der Waals surface area contributed by atoms with Crippen molar-refractivity contribution in [1.82, 2.24) is 9.97 Å². The second kappa shape index (κ2) is 6.32. The van der Waals surface area contributed by atoms with Crippen LogP contribution in [0, 0.1) is 5.92 Å². The average molecular weight is 255 g/mol. The first kappa shape index (κ1) is 13.5. The number of aromatic nitrogens is 2. The van der Waals surface area contributed by atoms with Crippen molar-refractivity contribution in [1.29, 1.82) is 0 Å². The Balaban J connectivity index is 2.07. The molecule has 0 bridgehead atoms. The van der Waals surface area contributed by atoms with Crippen LogP contribution in [0.2, 0.25) is 0 Å². The van der Waals surface area contributed by atoms with Crippen LogP contribution in [0.4, 0.5) is 5.69 Å². The standard InChI is InChI=1S/C16H21N3/c1-4-12(2)13(3)19-15-10-17-16(18-11-15)14-8-6-5-7-9-14/h5-13,19H,4H2,1-3H3. The van der Waals surface area contributed by atoms with E-state index in [2.05, 4.69) is 36.1 Å². The highest BCUT2D eigenvalue weighted by Gasteiger charge is 2.10. The maximum atomic E-state index is 4.41. The molecule has 0 aliphatic carbocycles. The third-order valence-electron chi connectivity index (χ3n) is 3.58. The summed E-state index contributed by atoms with van der Waals surface area (Å²) < 4.78 is 0. The van der Waals surface area contributed by atoms with Gasteiger partial charge in [-0.2, -0.15) is 0 Å². The minimum absolute atomic E-state index is 0.427. The van der Waals surface area contributed by atoms with Crippen molar-refractivity contribution in [3.8, 4) is 11.4 Å². The molecule has 0 aliphatic rings. The minimum atomic E-state index is 0.427. The highest BCUT2D eigenvalue weighted by Crippen LogP contribution is 2.17. The predicted molar refractivity (Wildman–Crippen MR) is 80.0 cm³/mol. The lowest BCUT2D eigenvalue weighted by Crippen LogP contribution is -2.23. The first-order valence-corrected chi connectivity index (χ1v) is 6.84. The van der Waals surface area contributed by atoms with Crippen LogP contribution in [0.3, 0.4) is 0 Å². The van der Waals surface area contributed by atoms with E-state index >= 15 is 0 Å². The summed E-state index contributed by atoms with van der Waals surface area (Å²) in [7, 11) is 0. The molecule has 0 amide bonds. The fourth-order valence-electron chi connectivity index (χ4n) is 1.90. The van der Waals surface area contributed by atoms with Gasteiger partial charge in [0, 0.05) is 11.6 Å². The number of hydrogen-bond donors (Lipinski definition) is 1. The number of hydrogen-bond acceptors (Lipinski definition) is 3. The lowest BCUT2D eigenvalue weighted by molar-refractivity contribution is 0.494. The number of anilines is 1. The Morgan fingerprint density at radius 2 is 1.68 bits per heavy atom. The molecule has 2 rings (SSSR count). The van der Waals surface area contributed by atoms with Crippen molar-refractivity contribution in [3.63, 3.8) is 0 Å². The van der Waals surface area contributed by atoms with E-state index in [0.717, 1.165) is 23.5 Å². The summed E-state index contributed by atoms with van der Waals surface area (Å²) in [5.41, 5.74) is 2.02. The van der Waals surface area contributed by atoms with Crippen molar-refractivity contribution in [2.45, 2.75) is 33.2 Å². The molecule has 2 aromatic rings. The number of benzene rings is 1. The maximum Gasteiger partial charge on any atom is 0.159 e. The monoisotopic (exact) mass is 255 g/mol. The van der Waals surface area contributed by atoms with Crippen molar-refractivity contribution < 1.29 is 0 Å². The third-order valence-corrected chi connectivity index (χ3v) is 3.58. The van der Waals surface area contributed by atoms with Gasteiger partial charge in [0.05, 0.1) is 18.1 Å². The molecule has 0 fully saturated rings. The molecule has 3 nitrogen and oxygen atoms in total. The summed E-state index contributed by atoms with van der Waals surface area (Å²) in [5, 5.41) is 3.45. The SMILES string of the molecule is CCC(C)C(C)Nc1cnc(-c2ccccc2)nc1. The molecule has 100 valence electrons. The Labute approximate surface area is 115 Å². The van der Waals surface area contributed by atoms with Crippen LogP contribution >= 0.6 is 0 Å². The van der Waals surface area contributed by atoms with Gasteiger partial charge < -0.3 is 5.32 Å². The van der Waals surface area contributed by atoms with Gasteiger partial charge in [0.15, 0.2) is 5.82 Å². The van der Waals surface area contributed by atoms with Crippen LogP contribution in [0.5, 0.6) is 0 Å². The first-order chi connectivity index (χ1) is 9.20. The Hall–Kier alpha value is -1.90. The summed E-state index contributed by atoms with van der Waals surface area (Å²) in [6.07, 6.45) is 4.87. The lowest BCUT2D eigenvalue weighted by atomic mass is 10.0. The number of nitrogens with zero attached hydrogens (tertiary/aromatic N) is 2. The quantitative estimate of drug-likeness (QED) is 0.877. The molecular formula is C16H21N3. The molecule has 2 unspecified atom stereocenters. The van der Waals surface area contributed by atoms with Crippen LogP contribution in [0.25, 0.3) is 11.4 Å². The highest BCUT2D eigenvalue weighted by molar-refractivity contribution is 5.55. The molecule has 0 aliphatic heterocycles. The van der Waals surface area contributed by atoms with Gasteiger partial charge in [-0.25, -0.2) is 9.97 Å². The minimum Gasteiger partial charge on any atom is -0.380 e. The predicted octanol–water partition coefficient (Wildman–Crippen LogP) is 3.99. The summed E-state index contributed by atoms with van der Waals surface area (Å²) in [6.45, 7) is 6.65. The number of nitrogens with one attached hydrogen (secondary N) is 1. The molecule has 19 heavy (non-hydrogen) atoms. The van der Waals surface area contributed by atoms with E-state index in [0.29, 0.717) is 12.0 Å². The fraction of sp³-hybridized carbons (Fsp3) is 0.375. The van der Waals surface area contributed by atoms with Crippen LogP contribution < -0.4 is 5.32 Å². The molecule has 2 atom stereocenters. The van der Waals surface area contributed by atoms with E-state index in [1.165, 1.54) is 0 Å². The third kappa shape index (κ3) is 3.53. The van der Waals surface area contributed by atoms with E-state index in [1.807, 2.05) is 42.7 Å². The highest BCUT2D eigenvalue weighted by atomic mass is 15.0. The summed E-state index contributed by atoms with van der Waals surface area (Å²) in [4.78, 5) is 8.83. The van der Waals surface area contributed by atoms with Crippen molar-refractivity contribution in [2.24, 2.45) is 5.92 Å². The molecule has 0 spiro atoms. The average Bonchev–Trinajstić information content (AvgIpc) is 2.48. The molecule has 1 aromatic carbocycles. The van der Waals surface area contributed by atoms with Gasteiger partial charge in [0.1, 0.15) is 0 Å². The van der Waals surface area contributed by atoms with Crippen LogP contribution in [0.15, 0.2) is 42.7 Å². The molecule has 0 saturated carbocycles. The zero-order valence-electron chi connectivity index (χ0n) is 11.8. The van der Waals surface area contributed by atoms with Gasteiger partial charge in [-0.05, 0) is 12.8 Å². The first-order valence-electron chi connectivity index (χ1n) is 6.84. The molecule has 1 aromatic heterocycles. The Morgan fingerprint density at radius 1 is 1.05 bits per heavy atom. The lowest BCUT2D eigenvalue weighted by Gasteiger charge is -2.20. The van der Waals surface area contributed by atoms with Crippen LogP contribution in [-0.4, -0.2) is 16.0 Å². The summed E-state index contributed by atoms with van der Waals surface area (Å²) in [5.74, 6) is 1.40. The second-order valence-electron chi connectivity index (χ2n) is 4.98. The zero-order chi connectivity index (χ0) is 13.7. The van der Waals surface area contributed by atoms with E-state index in [4.69, 9.17) is 0 Å². The topological polar surface area (TPSA) is 37.8 Å². The zero-order valence-corrected chi connectivity index (χ0v) is 11.8. The second-order valence-corrected chi connectivity index (χ2v) is 4.98. The molecular weight excluding hydrogens is 234 g/mol. The van der Waals surface area contributed by atoms with Crippen molar-refractivity contribution in [2.75, 3.05) is 5.32 Å². The van der Waals surface area contributed by atoms with E-state index in [9.17, 15) is 0 Å². The van der Waals surface area contributed by atoms with E-state index in [-0.39, 0.29) is 0 Å². The van der Waals surface area contributed by atoms with Gasteiger partial charge >= 0.3 is 0 Å². The number of rotatable bonds is 5. The molecule has 0 radical (unpaired) electrons. The van der Waals surface area contributed by atoms with E-state index < -0.39 is 0 Å². The molecule has 1 heterocycles. The molecule has 3 heteroatoms. The van der Waals surface area contributed by atoms with Gasteiger partial charge in [0.2, 0.25) is 0 Å². The smallest absolute Gasteiger partial charge is 0.159 e. The van der Waals surface area contributed by atoms with Gasteiger partial charge in [-0.15, -0.1) is 0 Å². The van der Waals surface area contributed by atoms with Crippen molar-refractivity contribution in [3.05, 3.63) is 42.7 Å². The van der Waals surface area contributed by atoms with E-state index in [1.54, 1.807) is 0 Å². The van der Waals surface area contributed by atoms with Gasteiger partial charge in [-0.1, -0.05) is 50.6 Å². The van der Waals surface area contributed by atoms with Gasteiger partial charge in [0.25, 0.3) is 0 Å². The van der Waals surface area contributed by atoms with Crippen LogP contribution in [-0.2, 0) is 0 Å². The molecule has 1 N–H and O–H groups in total. The Morgan fingerprint density at radius 3 is 2.26 bits per heavy atom. The van der Waals surface area contributed by atoms with Crippen molar-refractivity contribution >= 4 is 5.69 Å². The summed E-state index contributed by atoms with van der Waals surface area (Å²) >= 11 is 0. The van der Waals surface area contributed by atoms with Gasteiger partial charge in [-0.3, -0.25) is 0 Å². The normalized spacial score (nSPS) is 13.8. The van der Waals surface area contributed by atoms with Crippen LogP contribution in [0.1, 0.15) is 27.2 Å². The fourth-order valence-corrected chi connectivity index (χ4v) is 1.90. The Kier molecular flexibility index (Phi) is 4.50. The summed E-state index contributed by atoms with van der Waals surface area (Å²) in [6, 6.07) is 10.4. The largest absolute Gasteiger partial charge is 0.380 e. The maximum absolute atomic E-state index is 4.41. The molecule has 0 saturated heterocycles.